The molecule has 0 aliphatic heterocycles. The highest BCUT2D eigenvalue weighted by molar-refractivity contribution is 5.87. The molecule has 0 aliphatic carbocycles. The van der Waals surface area contributed by atoms with Crippen LogP contribution in [0.25, 0.3) is 17.2 Å². The second-order valence-electron chi connectivity index (χ2n) is 3.62. The Hall–Kier alpha value is -2.49. The molecule has 1 N–H and O–H groups in total. The zero-order chi connectivity index (χ0) is 13.0. The van der Waals surface area contributed by atoms with E-state index in [-0.39, 0.29) is 0 Å². The van der Waals surface area contributed by atoms with Crippen molar-refractivity contribution in [1.82, 2.24) is 4.98 Å². The minimum absolute atomic E-state index is 0.350. The molecule has 0 spiro atoms. The molecule has 90 valence electrons. The Morgan fingerprint density at radius 3 is 2.78 bits per heavy atom. The Morgan fingerprint density at radius 1 is 1.28 bits per heavy atom. The molecule has 4 heteroatoms. The maximum Gasteiger partial charge on any atom is 0.328 e. The first-order valence-electron chi connectivity index (χ1n) is 5.28. The fourth-order valence-corrected chi connectivity index (χ4v) is 1.66. The fraction of sp³-hybridized carbons (Fsp3) is 0. The molecule has 0 bridgehead atoms. The Bertz CT molecular complexity index is 594. The van der Waals surface area contributed by atoms with Gasteiger partial charge in [-0.25, -0.2) is 9.18 Å². The maximum atomic E-state index is 13.9. The molecule has 0 aliphatic rings. The Balaban J connectivity index is 2.55. The normalized spacial score (nSPS) is 10.7. The van der Waals surface area contributed by atoms with E-state index < -0.39 is 11.8 Å². The first kappa shape index (κ1) is 12.0. The highest BCUT2D eigenvalue weighted by atomic mass is 19.1. The molecule has 1 aromatic heterocycles. The van der Waals surface area contributed by atoms with E-state index >= 15 is 0 Å². The van der Waals surface area contributed by atoms with Crippen molar-refractivity contribution in [3.8, 4) is 11.1 Å². The van der Waals surface area contributed by atoms with Gasteiger partial charge in [0.1, 0.15) is 5.82 Å². The van der Waals surface area contributed by atoms with Crippen LogP contribution in [-0.2, 0) is 4.79 Å². The quantitative estimate of drug-likeness (QED) is 0.843. The van der Waals surface area contributed by atoms with Gasteiger partial charge in [-0.05, 0) is 23.8 Å². The summed E-state index contributed by atoms with van der Waals surface area (Å²) < 4.78 is 13.9. The summed E-state index contributed by atoms with van der Waals surface area (Å²) in [6.45, 7) is 0. The lowest BCUT2D eigenvalue weighted by Crippen LogP contribution is -1.91. The molecule has 3 nitrogen and oxygen atoms in total. The average Bonchev–Trinajstić information content (AvgIpc) is 2.37. The molecule has 0 amide bonds. The van der Waals surface area contributed by atoms with Crippen molar-refractivity contribution in [3.05, 3.63) is 60.2 Å². The Labute approximate surface area is 103 Å². The Morgan fingerprint density at radius 2 is 2.11 bits per heavy atom. The molecular weight excluding hydrogens is 233 g/mol. The number of pyridine rings is 1. The zero-order valence-corrected chi connectivity index (χ0v) is 9.38. The largest absolute Gasteiger partial charge is 0.478 e. The van der Waals surface area contributed by atoms with Crippen molar-refractivity contribution in [2.24, 2.45) is 0 Å². The van der Waals surface area contributed by atoms with Crippen molar-refractivity contribution in [2.75, 3.05) is 0 Å². The van der Waals surface area contributed by atoms with Crippen LogP contribution < -0.4 is 0 Å². The molecule has 18 heavy (non-hydrogen) atoms. The summed E-state index contributed by atoms with van der Waals surface area (Å²) in [6.07, 6.45) is 5.48. The van der Waals surface area contributed by atoms with Crippen LogP contribution in [0.1, 0.15) is 5.56 Å². The van der Waals surface area contributed by atoms with Crippen molar-refractivity contribution in [3.63, 3.8) is 0 Å². The number of hydrogen-bond acceptors (Lipinski definition) is 2. The van der Waals surface area contributed by atoms with Crippen LogP contribution in [0.15, 0.2) is 48.8 Å². The summed E-state index contributed by atoms with van der Waals surface area (Å²) in [5, 5.41) is 8.61. The third-order valence-corrected chi connectivity index (χ3v) is 2.40. The predicted molar refractivity (Wildman–Crippen MR) is 66.3 cm³/mol. The second-order valence-corrected chi connectivity index (χ2v) is 3.62. The topological polar surface area (TPSA) is 50.2 Å². The van der Waals surface area contributed by atoms with Gasteiger partial charge in [0, 0.05) is 29.6 Å². The third kappa shape index (κ3) is 2.60. The van der Waals surface area contributed by atoms with E-state index in [1.807, 2.05) is 0 Å². The lowest BCUT2D eigenvalue weighted by molar-refractivity contribution is -0.131. The number of rotatable bonds is 3. The van der Waals surface area contributed by atoms with E-state index in [1.54, 1.807) is 24.4 Å². The number of aromatic nitrogens is 1. The summed E-state index contributed by atoms with van der Waals surface area (Å²) in [5.74, 6) is -1.48. The van der Waals surface area contributed by atoms with Gasteiger partial charge in [0.05, 0.1) is 0 Å². The number of carboxylic acid groups (broad SMARTS) is 1. The number of halogens is 1. The van der Waals surface area contributed by atoms with Crippen molar-refractivity contribution in [2.45, 2.75) is 0 Å². The molecule has 0 fully saturated rings. The summed E-state index contributed by atoms with van der Waals surface area (Å²) in [6, 6.07) is 7.96. The molecule has 0 unspecified atom stereocenters. The van der Waals surface area contributed by atoms with Crippen LogP contribution in [0.2, 0.25) is 0 Å². The van der Waals surface area contributed by atoms with Gasteiger partial charge in [0.25, 0.3) is 0 Å². The average molecular weight is 243 g/mol. The van der Waals surface area contributed by atoms with E-state index in [2.05, 4.69) is 4.98 Å². The summed E-state index contributed by atoms with van der Waals surface area (Å²) in [5.41, 5.74) is 1.47. The van der Waals surface area contributed by atoms with E-state index in [1.165, 1.54) is 24.4 Å². The van der Waals surface area contributed by atoms with E-state index in [0.29, 0.717) is 16.7 Å². The minimum Gasteiger partial charge on any atom is -0.478 e. The SMILES string of the molecule is O=C(O)C=Cc1cccc(F)c1-c1cccnc1. The van der Waals surface area contributed by atoms with Crippen LogP contribution in [0.3, 0.4) is 0 Å². The molecular formula is C14H10FNO2. The van der Waals surface area contributed by atoms with Gasteiger partial charge in [-0.2, -0.15) is 0 Å². The second kappa shape index (κ2) is 5.23. The number of nitrogens with zero attached hydrogens (tertiary/aromatic N) is 1. The van der Waals surface area contributed by atoms with Gasteiger partial charge in [-0.3, -0.25) is 4.98 Å². The number of benzene rings is 1. The highest BCUT2D eigenvalue weighted by Gasteiger charge is 2.09. The van der Waals surface area contributed by atoms with Gasteiger partial charge < -0.3 is 5.11 Å². The molecule has 1 aromatic carbocycles. The van der Waals surface area contributed by atoms with Gasteiger partial charge in [0.2, 0.25) is 0 Å². The molecule has 0 radical (unpaired) electrons. The smallest absolute Gasteiger partial charge is 0.328 e. The van der Waals surface area contributed by atoms with Crippen molar-refractivity contribution >= 4 is 12.0 Å². The lowest BCUT2D eigenvalue weighted by Gasteiger charge is -2.07. The van der Waals surface area contributed by atoms with Gasteiger partial charge >= 0.3 is 5.97 Å². The first-order chi connectivity index (χ1) is 8.68. The molecule has 2 rings (SSSR count). The minimum atomic E-state index is -1.07. The number of aliphatic carboxylic acids is 1. The maximum absolute atomic E-state index is 13.9. The van der Waals surface area contributed by atoms with Crippen LogP contribution >= 0.6 is 0 Å². The van der Waals surface area contributed by atoms with Crippen LogP contribution in [0.4, 0.5) is 4.39 Å². The fourth-order valence-electron chi connectivity index (χ4n) is 1.66. The molecule has 0 saturated heterocycles. The van der Waals surface area contributed by atoms with Crippen molar-refractivity contribution < 1.29 is 14.3 Å². The van der Waals surface area contributed by atoms with Crippen LogP contribution in [0, 0.1) is 5.82 Å². The number of carbonyl (C=O) groups is 1. The lowest BCUT2D eigenvalue weighted by atomic mass is 10.00. The summed E-state index contributed by atoms with van der Waals surface area (Å²) in [4.78, 5) is 14.4. The molecule has 0 saturated carbocycles. The molecule has 0 atom stereocenters. The molecule has 2 aromatic rings. The van der Waals surface area contributed by atoms with E-state index in [9.17, 15) is 9.18 Å². The summed E-state index contributed by atoms with van der Waals surface area (Å²) >= 11 is 0. The monoisotopic (exact) mass is 243 g/mol. The van der Waals surface area contributed by atoms with Crippen LogP contribution in [0.5, 0.6) is 0 Å². The molecule has 1 heterocycles. The van der Waals surface area contributed by atoms with Crippen LogP contribution in [-0.4, -0.2) is 16.1 Å². The third-order valence-electron chi connectivity index (χ3n) is 2.40. The highest BCUT2D eigenvalue weighted by Crippen LogP contribution is 2.27. The van der Waals surface area contributed by atoms with Gasteiger partial charge in [-0.1, -0.05) is 18.2 Å². The summed E-state index contributed by atoms with van der Waals surface area (Å²) in [7, 11) is 0. The first-order valence-corrected chi connectivity index (χ1v) is 5.28. The van der Waals surface area contributed by atoms with Gasteiger partial charge in [0.15, 0.2) is 0 Å². The number of carboxylic acids is 1. The zero-order valence-electron chi connectivity index (χ0n) is 9.38. The van der Waals surface area contributed by atoms with E-state index in [0.717, 1.165) is 6.08 Å². The Kier molecular flexibility index (Phi) is 3.48. The van der Waals surface area contributed by atoms with Crippen molar-refractivity contribution in [1.29, 1.82) is 0 Å². The standard InChI is InChI=1S/C14H10FNO2/c15-12-5-1-3-10(6-7-13(17)18)14(12)11-4-2-8-16-9-11/h1-9H,(H,17,18). The van der Waals surface area contributed by atoms with Gasteiger partial charge in [-0.15, -0.1) is 0 Å². The number of hydrogen-bond donors (Lipinski definition) is 1. The van der Waals surface area contributed by atoms with E-state index in [4.69, 9.17) is 5.11 Å². The predicted octanol–water partition coefficient (Wildman–Crippen LogP) is 2.99.